The molecule has 0 amide bonds. The summed E-state index contributed by atoms with van der Waals surface area (Å²) in [6.45, 7) is 4.07. The average Bonchev–Trinajstić information content (AvgIpc) is 2.48. The van der Waals surface area contributed by atoms with Crippen molar-refractivity contribution in [1.29, 1.82) is 0 Å². The molecule has 0 unspecified atom stereocenters. The summed E-state index contributed by atoms with van der Waals surface area (Å²) in [6.07, 6.45) is 0. The molecule has 0 heterocycles. The maximum atomic E-state index is 12.1. The molecule has 0 aromatic heterocycles. The first kappa shape index (κ1) is 15.9. The van der Waals surface area contributed by atoms with Crippen molar-refractivity contribution >= 4 is 21.7 Å². The van der Waals surface area contributed by atoms with Crippen LogP contribution in [-0.2, 0) is 4.79 Å². The zero-order valence-electron chi connectivity index (χ0n) is 12.3. The molecule has 2 aromatic carbocycles. The predicted molar refractivity (Wildman–Crippen MR) is 90.7 cm³/mol. The van der Waals surface area contributed by atoms with E-state index in [4.69, 9.17) is 0 Å². The van der Waals surface area contributed by atoms with E-state index in [9.17, 15) is 4.79 Å². The first-order valence-corrected chi connectivity index (χ1v) is 7.83. The fraction of sp³-hybridized carbons (Fsp3) is 0.278. The van der Waals surface area contributed by atoms with Crippen molar-refractivity contribution in [3.63, 3.8) is 0 Å². The van der Waals surface area contributed by atoms with E-state index in [1.807, 2.05) is 50.2 Å². The van der Waals surface area contributed by atoms with Crippen molar-refractivity contribution in [3.8, 4) is 0 Å². The van der Waals surface area contributed by atoms with E-state index >= 15 is 0 Å². The number of hydrogen-bond acceptors (Lipinski definition) is 2. The van der Waals surface area contributed by atoms with Gasteiger partial charge in [-0.15, -0.1) is 0 Å². The van der Waals surface area contributed by atoms with Gasteiger partial charge >= 0.3 is 0 Å². The Kier molecular flexibility index (Phi) is 5.32. The highest BCUT2D eigenvalue weighted by Gasteiger charge is 2.24. The van der Waals surface area contributed by atoms with Crippen molar-refractivity contribution in [2.24, 2.45) is 0 Å². The lowest BCUT2D eigenvalue weighted by molar-refractivity contribution is -0.119. The van der Waals surface area contributed by atoms with Gasteiger partial charge in [-0.05, 0) is 25.0 Å². The molecule has 0 fully saturated rings. The van der Waals surface area contributed by atoms with Gasteiger partial charge in [-0.1, -0.05) is 76.6 Å². The number of alkyl halides is 1. The Bertz CT molecular complexity index is 536. The first-order chi connectivity index (χ1) is 9.98. The second-order valence-corrected chi connectivity index (χ2v) is 7.51. The maximum absolute atomic E-state index is 12.1. The Labute approximate surface area is 134 Å². The molecule has 2 nitrogen and oxygen atoms in total. The van der Waals surface area contributed by atoms with Gasteiger partial charge in [0.2, 0.25) is 0 Å². The van der Waals surface area contributed by atoms with Crippen LogP contribution in [0.5, 0.6) is 0 Å². The Morgan fingerprint density at radius 2 is 1.43 bits per heavy atom. The van der Waals surface area contributed by atoms with E-state index in [2.05, 4.69) is 45.5 Å². The summed E-state index contributed by atoms with van der Waals surface area (Å²) in [6, 6.07) is 20.4. The second-order valence-electron chi connectivity index (χ2n) is 5.53. The normalized spacial score (nSPS) is 11.6. The van der Waals surface area contributed by atoms with Gasteiger partial charge in [0, 0.05) is 0 Å². The van der Waals surface area contributed by atoms with E-state index in [0.717, 1.165) is 11.1 Å². The number of carbonyl (C=O) groups excluding carboxylic acids is 1. The molecule has 0 aliphatic heterocycles. The number of halogens is 1. The molecule has 110 valence electrons. The molecule has 0 spiro atoms. The molecule has 0 saturated carbocycles. The third-order valence-electron chi connectivity index (χ3n) is 3.40. The third-order valence-corrected chi connectivity index (χ3v) is 3.84. The standard InChI is InChI=1S/C18H20BrNO/c1-18(2,19)16(21)13-20-17(14-9-5-3-6-10-14)15-11-7-4-8-12-15/h3-12,17,20H,13H2,1-2H3. The summed E-state index contributed by atoms with van der Waals surface area (Å²) >= 11 is 3.42. The number of carbonyl (C=O) groups is 1. The van der Waals surface area contributed by atoms with E-state index in [1.54, 1.807) is 0 Å². The lowest BCUT2D eigenvalue weighted by Gasteiger charge is -2.22. The summed E-state index contributed by atoms with van der Waals surface area (Å²) in [5, 5.41) is 3.38. The Morgan fingerprint density at radius 1 is 1.00 bits per heavy atom. The molecule has 0 saturated heterocycles. The summed E-state index contributed by atoms with van der Waals surface area (Å²) in [5.41, 5.74) is 2.31. The van der Waals surface area contributed by atoms with Crippen molar-refractivity contribution in [2.45, 2.75) is 24.2 Å². The summed E-state index contributed by atoms with van der Waals surface area (Å²) in [4.78, 5) is 12.1. The smallest absolute Gasteiger partial charge is 0.162 e. The van der Waals surface area contributed by atoms with Gasteiger partial charge in [0.15, 0.2) is 5.78 Å². The number of Topliss-reactive ketones (excluding diaryl/α,β-unsaturated/α-hetero) is 1. The van der Waals surface area contributed by atoms with Crippen molar-refractivity contribution in [3.05, 3.63) is 71.8 Å². The highest BCUT2D eigenvalue weighted by atomic mass is 79.9. The second kappa shape index (κ2) is 7.01. The molecule has 1 N–H and O–H groups in total. The van der Waals surface area contributed by atoms with E-state index in [-0.39, 0.29) is 11.8 Å². The lowest BCUT2D eigenvalue weighted by Crippen LogP contribution is -2.36. The fourth-order valence-electron chi connectivity index (χ4n) is 2.12. The van der Waals surface area contributed by atoms with Crippen LogP contribution in [0, 0.1) is 0 Å². The first-order valence-electron chi connectivity index (χ1n) is 7.04. The Balaban J connectivity index is 2.20. The average molecular weight is 346 g/mol. The van der Waals surface area contributed by atoms with Gasteiger partial charge < -0.3 is 0 Å². The van der Waals surface area contributed by atoms with Crippen LogP contribution in [0.25, 0.3) is 0 Å². The van der Waals surface area contributed by atoms with Crippen molar-refractivity contribution in [2.75, 3.05) is 6.54 Å². The Morgan fingerprint density at radius 3 is 1.81 bits per heavy atom. The molecule has 2 aromatic rings. The number of nitrogens with one attached hydrogen (secondary N) is 1. The Hall–Kier alpha value is -1.45. The van der Waals surface area contributed by atoms with E-state index < -0.39 is 4.32 Å². The minimum absolute atomic E-state index is 0.0196. The van der Waals surface area contributed by atoms with E-state index in [1.165, 1.54) is 0 Å². The van der Waals surface area contributed by atoms with Gasteiger partial charge in [-0.25, -0.2) is 0 Å². The topological polar surface area (TPSA) is 29.1 Å². The zero-order chi connectivity index (χ0) is 15.3. The number of ketones is 1. The van der Waals surface area contributed by atoms with Gasteiger partial charge in [0.05, 0.1) is 16.9 Å². The minimum atomic E-state index is -0.502. The number of hydrogen-bond donors (Lipinski definition) is 1. The molecular weight excluding hydrogens is 326 g/mol. The summed E-state index contributed by atoms with van der Waals surface area (Å²) in [7, 11) is 0. The molecule has 21 heavy (non-hydrogen) atoms. The maximum Gasteiger partial charge on any atom is 0.162 e. The van der Waals surface area contributed by atoms with Crippen LogP contribution in [0.1, 0.15) is 31.0 Å². The number of benzene rings is 2. The lowest BCUT2D eigenvalue weighted by atomic mass is 9.98. The zero-order valence-corrected chi connectivity index (χ0v) is 13.9. The summed E-state index contributed by atoms with van der Waals surface area (Å²) < 4.78 is -0.502. The molecule has 3 heteroatoms. The van der Waals surface area contributed by atoms with Gasteiger partial charge in [0.25, 0.3) is 0 Å². The highest BCUT2D eigenvalue weighted by Crippen LogP contribution is 2.22. The van der Waals surface area contributed by atoms with Crippen LogP contribution in [0.3, 0.4) is 0 Å². The van der Waals surface area contributed by atoms with Crippen molar-refractivity contribution < 1.29 is 4.79 Å². The monoisotopic (exact) mass is 345 g/mol. The molecule has 0 atom stereocenters. The minimum Gasteiger partial charge on any atom is -0.299 e. The predicted octanol–water partition coefficient (Wildman–Crippen LogP) is 4.11. The number of rotatable bonds is 6. The van der Waals surface area contributed by atoms with Crippen molar-refractivity contribution in [1.82, 2.24) is 5.32 Å². The van der Waals surface area contributed by atoms with Crippen LogP contribution in [0.15, 0.2) is 60.7 Å². The molecule has 0 bridgehead atoms. The quantitative estimate of drug-likeness (QED) is 0.798. The van der Waals surface area contributed by atoms with Crippen LogP contribution in [0.2, 0.25) is 0 Å². The van der Waals surface area contributed by atoms with Crippen LogP contribution < -0.4 is 5.32 Å². The van der Waals surface area contributed by atoms with Gasteiger partial charge in [-0.3, -0.25) is 10.1 Å². The molecular formula is C18H20BrNO. The molecule has 0 aliphatic carbocycles. The van der Waals surface area contributed by atoms with Gasteiger partial charge in [-0.2, -0.15) is 0 Å². The highest BCUT2D eigenvalue weighted by molar-refractivity contribution is 9.10. The largest absolute Gasteiger partial charge is 0.299 e. The third kappa shape index (κ3) is 4.51. The summed E-state index contributed by atoms with van der Waals surface area (Å²) in [5.74, 6) is 0.138. The van der Waals surface area contributed by atoms with Crippen LogP contribution >= 0.6 is 15.9 Å². The SMILES string of the molecule is CC(C)(Br)C(=O)CNC(c1ccccc1)c1ccccc1. The van der Waals surface area contributed by atoms with Crippen LogP contribution in [-0.4, -0.2) is 16.7 Å². The molecule has 2 rings (SSSR count). The molecule has 0 aliphatic rings. The fourth-order valence-corrected chi connectivity index (χ4v) is 2.26. The van der Waals surface area contributed by atoms with Gasteiger partial charge in [0.1, 0.15) is 0 Å². The van der Waals surface area contributed by atoms with Crippen LogP contribution in [0.4, 0.5) is 0 Å². The van der Waals surface area contributed by atoms with E-state index in [0.29, 0.717) is 6.54 Å². The molecule has 0 radical (unpaired) electrons.